The molecule has 0 fully saturated rings. The molecule has 0 bridgehead atoms. The van der Waals surface area contributed by atoms with Crippen molar-refractivity contribution in [3.05, 3.63) is 167 Å². The van der Waals surface area contributed by atoms with Crippen molar-refractivity contribution < 1.29 is 27.0 Å². The van der Waals surface area contributed by atoms with Crippen molar-refractivity contribution in [2.75, 3.05) is 0 Å². The molecule has 4 nitrogen and oxygen atoms in total. The number of pyridine rings is 1. The number of hydrogen-bond donors (Lipinski definition) is 1. The fraction of sp³-hybridized carbons (Fsp3) is 0.300. The maximum atomic E-state index is 12.3. The number of hydrogen-bond acceptors (Lipinski definition) is 3. The lowest BCUT2D eigenvalue weighted by Crippen LogP contribution is -2.14. The molecule has 0 radical (unpaired) electrons. The van der Waals surface area contributed by atoms with E-state index in [1.807, 2.05) is 89.2 Å². The molecule has 0 aliphatic carbocycles. The molecule has 0 saturated heterocycles. The van der Waals surface area contributed by atoms with Crippen LogP contribution in [0.3, 0.4) is 0 Å². The van der Waals surface area contributed by atoms with Crippen LogP contribution in [0.5, 0.6) is 5.75 Å². The Hall–Kier alpha value is -6.26. The minimum absolute atomic E-state index is 0.0342. The summed E-state index contributed by atoms with van der Waals surface area (Å²) in [5, 5.41) is 12.3. The van der Waals surface area contributed by atoms with Crippen molar-refractivity contribution in [2.24, 2.45) is 0 Å². The predicted molar refractivity (Wildman–Crippen MR) is 272 cm³/mol. The first-order chi connectivity index (χ1) is 36.9. The molecule has 6 aromatic carbocycles. The molecule has 2 aromatic heterocycles. The molecule has 8 rings (SSSR count). The van der Waals surface area contributed by atoms with Gasteiger partial charge in [-0.15, -0.1) is 0 Å². The van der Waals surface area contributed by atoms with E-state index in [1.165, 1.54) is 0 Å². The summed E-state index contributed by atoms with van der Waals surface area (Å²) in [5.41, 5.74) is 2.10. The van der Waals surface area contributed by atoms with E-state index in [1.54, 1.807) is 12.1 Å². The van der Waals surface area contributed by atoms with Crippen LogP contribution in [0.2, 0.25) is 0 Å². The lowest BCUT2D eigenvalue weighted by molar-refractivity contribution is 0.466. The molecule has 0 atom stereocenters. The Morgan fingerprint density at radius 1 is 0.594 bits per heavy atom. The number of aromatic hydroxyl groups is 1. The van der Waals surface area contributed by atoms with Gasteiger partial charge < -0.3 is 5.11 Å². The van der Waals surface area contributed by atoms with Crippen LogP contribution in [0.1, 0.15) is 151 Å². The van der Waals surface area contributed by atoms with E-state index in [2.05, 4.69) is 74.5 Å². The number of benzene rings is 6. The third kappa shape index (κ3) is 8.68. The second-order valence-corrected chi connectivity index (χ2v) is 19.4. The second kappa shape index (κ2) is 16.7. The molecule has 0 aliphatic rings. The van der Waals surface area contributed by atoms with Crippen LogP contribution in [-0.4, -0.2) is 19.6 Å². The normalized spacial score (nSPS) is 16.7. The van der Waals surface area contributed by atoms with Crippen LogP contribution >= 0.6 is 0 Å². The first-order valence-electron chi connectivity index (χ1n) is 29.7. The lowest BCUT2D eigenvalue weighted by Gasteiger charge is -2.25. The molecule has 1 N–H and O–H groups in total. The Balaban J connectivity index is 1.44. The molecule has 0 unspecified atom stereocenters. The van der Waals surface area contributed by atoms with E-state index in [0.29, 0.717) is 33.5 Å². The van der Waals surface area contributed by atoms with Gasteiger partial charge in [0.1, 0.15) is 11.6 Å². The van der Waals surface area contributed by atoms with Crippen LogP contribution in [0, 0.1) is 0 Å². The van der Waals surface area contributed by atoms with Crippen molar-refractivity contribution in [3.8, 4) is 67.5 Å². The summed E-state index contributed by atoms with van der Waals surface area (Å²) in [6.07, 6.45) is -0.723. The SMILES string of the molecule is [2H]c1nc(-c2cc(-c3cccc4c3nc(-c3cc(C(C)C)cc(C(C)C)c3O)n4-c3ccc(-c4ccccc4)c(C(C)(C)C)c3)cc(C(C)(C)C)c2)c([2H])c(-c2c([2H])c([2H])c(C(C([2H])([2H])[2H])(C([2H])([2H])[2H])C([2H])([2H])[2H])c([2H])c2[2H])c1[2H]. The highest BCUT2D eigenvalue weighted by Gasteiger charge is 2.27. The van der Waals surface area contributed by atoms with Gasteiger partial charge in [-0.2, -0.15) is 0 Å². The Morgan fingerprint density at radius 2 is 1.31 bits per heavy atom. The third-order valence-electron chi connectivity index (χ3n) is 11.8. The number of fused-ring (bicyclic) bond motifs is 1. The van der Waals surface area contributed by atoms with E-state index in [-0.39, 0.29) is 34.3 Å². The molecule has 2 heterocycles. The van der Waals surface area contributed by atoms with Gasteiger partial charge in [-0.3, -0.25) is 9.55 Å². The molecule has 4 heteroatoms. The number of rotatable bonds is 8. The summed E-state index contributed by atoms with van der Waals surface area (Å²) in [6.45, 7) is 8.98. The quantitative estimate of drug-likeness (QED) is 0.166. The number of imidazole rings is 1. The van der Waals surface area contributed by atoms with Crippen molar-refractivity contribution in [2.45, 2.75) is 118 Å². The molecule has 8 aromatic rings. The molecular formula is C60H65N3O. The standard InChI is InChI=1S/C60H65N3O/c1-37(2)42-33-50(38(3)4)56(64)51(34-42)57-62-55-49(20-17-21-54(55)63(57)47-26-27-48(40-18-15-14-16-19-40)52(36-47)60(11,12)13)43-30-44(32-46(31-43)59(8,9)10)53-35-41(28-29-61-53)39-22-24-45(25-23-39)58(5,6)7/h14-38,64H,1-13H3/i5D3,6D3,7D3,22D,23D,24D,25D,28D,29D,35D. The van der Waals surface area contributed by atoms with Crippen LogP contribution in [0.4, 0.5) is 0 Å². The van der Waals surface area contributed by atoms with Crippen molar-refractivity contribution in [1.29, 1.82) is 0 Å². The molecule has 0 spiro atoms. The van der Waals surface area contributed by atoms with E-state index in [0.717, 1.165) is 39.1 Å². The largest absolute Gasteiger partial charge is 0.507 e. The minimum atomic E-state index is -3.92. The Morgan fingerprint density at radius 3 is 1.97 bits per heavy atom. The van der Waals surface area contributed by atoms with Gasteiger partial charge in [-0.05, 0) is 132 Å². The summed E-state index contributed by atoms with van der Waals surface area (Å²) in [5.74, 6) is 0.659. The zero-order valence-electron chi connectivity index (χ0n) is 54.2. The highest BCUT2D eigenvalue weighted by atomic mass is 16.3. The van der Waals surface area contributed by atoms with Gasteiger partial charge in [0.25, 0.3) is 0 Å². The number of aromatic nitrogens is 3. The topological polar surface area (TPSA) is 50.9 Å². The first kappa shape index (κ1) is 28.5. The minimum Gasteiger partial charge on any atom is -0.507 e. The smallest absolute Gasteiger partial charge is 0.149 e. The van der Waals surface area contributed by atoms with Crippen LogP contribution in [-0.2, 0) is 16.2 Å². The van der Waals surface area contributed by atoms with E-state index in [9.17, 15) is 9.22 Å². The zero-order valence-corrected chi connectivity index (χ0v) is 38.2. The zero-order chi connectivity index (χ0) is 59.5. The molecule has 0 aliphatic heterocycles. The number of phenolic OH excluding ortho intramolecular Hbond substituents is 1. The van der Waals surface area contributed by atoms with Gasteiger partial charge in [0.15, 0.2) is 0 Å². The molecule has 0 saturated carbocycles. The second-order valence-electron chi connectivity index (χ2n) is 19.4. The summed E-state index contributed by atoms with van der Waals surface area (Å²) in [6, 6.07) is 25.6. The molecular weight excluding hydrogens is 779 g/mol. The van der Waals surface area contributed by atoms with Crippen molar-refractivity contribution >= 4 is 11.0 Å². The van der Waals surface area contributed by atoms with Crippen molar-refractivity contribution in [1.82, 2.24) is 14.5 Å². The number of phenols is 1. The maximum absolute atomic E-state index is 12.3. The van der Waals surface area contributed by atoms with Crippen molar-refractivity contribution in [3.63, 3.8) is 0 Å². The van der Waals surface area contributed by atoms with Gasteiger partial charge in [-0.25, -0.2) is 4.98 Å². The summed E-state index contributed by atoms with van der Waals surface area (Å²) in [7, 11) is 0. The van der Waals surface area contributed by atoms with Crippen LogP contribution < -0.4 is 0 Å². The summed E-state index contributed by atoms with van der Waals surface area (Å²) in [4.78, 5) is 9.90. The lowest BCUT2D eigenvalue weighted by atomic mass is 9.81. The van der Waals surface area contributed by atoms with Crippen LogP contribution in [0.15, 0.2) is 139 Å². The highest BCUT2D eigenvalue weighted by molar-refractivity contribution is 5.97. The predicted octanol–water partition coefficient (Wildman–Crippen LogP) is 16.6. The average molecular weight is 860 g/mol. The van der Waals surface area contributed by atoms with E-state index < -0.39 is 90.5 Å². The summed E-state index contributed by atoms with van der Waals surface area (Å²) >= 11 is 0. The average Bonchev–Trinajstić information content (AvgIpc) is 3.89. The Bertz CT molecular complexity index is 3680. The molecule has 0 amide bonds. The fourth-order valence-electron chi connectivity index (χ4n) is 8.12. The fourth-order valence-corrected chi connectivity index (χ4v) is 8.12. The van der Waals surface area contributed by atoms with Gasteiger partial charge >= 0.3 is 0 Å². The number of para-hydroxylation sites is 1. The van der Waals surface area contributed by atoms with Crippen LogP contribution in [0.25, 0.3) is 72.7 Å². The van der Waals surface area contributed by atoms with Gasteiger partial charge in [0, 0.05) is 35.3 Å². The van der Waals surface area contributed by atoms with Gasteiger partial charge in [0.2, 0.25) is 0 Å². The third-order valence-corrected chi connectivity index (χ3v) is 11.8. The van der Waals surface area contributed by atoms with E-state index >= 15 is 0 Å². The maximum Gasteiger partial charge on any atom is 0.149 e. The Labute approximate surface area is 404 Å². The first-order valence-corrected chi connectivity index (χ1v) is 21.7. The summed E-state index contributed by atoms with van der Waals surface area (Å²) < 4.78 is 141. The van der Waals surface area contributed by atoms with Gasteiger partial charge in [-0.1, -0.05) is 175 Å². The molecule has 64 heavy (non-hydrogen) atoms. The van der Waals surface area contributed by atoms with Gasteiger partial charge in [0.05, 0.1) is 31.9 Å². The number of nitrogens with zero attached hydrogens (tertiary/aromatic N) is 3. The monoisotopic (exact) mass is 860 g/mol. The van der Waals surface area contributed by atoms with E-state index in [4.69, 9.17) is 22.8 Å². The molecule has 326 valence electrons. The highest BCUT2D eigenvalue weighted by Crippen LogP contribution is 2.44. The Kier molecular flexibility index (Phi) is 7.44.